The van der Waals surface area contributed by atoms with Crippen LogP contribution in [0.5, 0.6) is 5.19 Å². The van der Waals surface area contributed by atoms with Gasteiger partial charge in [0, 0.05) is 5.38 Å². The molecule has 0 aromatic carbocycles. The molecule has 0 unspecified atom stereocenters. The number of thiazole rings is 1. The Kier molecular flexibility index (Phi) is 1.86. The summed E-state index contributed by atoms with van der Waals surface area (Å²) in [5.41, 5.74) is -0.236. The number of Topliss-reactive ketones (excluding diaryl/α,β-unsaturated/α-hetero) is 1. The van der Waals surface area contributed by atoms with Crippen molar-refractivity contribution >= 4 is 23.1 Å². The number of ketones is 1. The van der Waals surface area contributed by atoms with Crippen LogP contribution in [-0.4, -0.2) is 26.9 Å². The maximum absolute atomic E-state index is 10.6. The second-order valence-electron chi connectivity index (χ2n) is 1.65. The van der Waals surface area contributed by atoms with Crippen molar-refractivity contribution in [2.24, 2.45) is 0 Å². The Labute approximate surface area is 64.9 Å². The van der Waals surface area contributed by atoms with E-state index in [1.165, 1.54) is 5.38 Å². The van der Waals surface area contributed by atoms with Crippen LogP contribution in [0.1, 0.15) is 10.5 Å². The van der Waals surface area contributed by atoms with Gasteiger partial charge in [0.2, 0.25) is 0 Å². The predicted octanol–water partition coefficient (Wildman–Crippen LogP) is 0.116. The number of rotatable bonds is 2. The lowest BCUT2D eigenvalue weighted by Gasteiger charge is -1.84. The van der Waals surface area contributed by atoms with Gasteiger partial charge in [-0.05, 0) is 0 Å². The van der Waals surface area contributed by atoms with Gasteiger partial charge in [-0.25, -0.2) is 4.79 Å². The van der Waals surface area contributed by atoms with Crippen molar-refractivity contribution in [2.45, 2.75) is 0 Å². The summed E-state index contributed by atoms with van der Waals surface area (Å²) in [7, 11) is 0. The van der Waals surface area contributed by atoms with Gasteiger partial charge in [0.05, 0.1) is 0 Å². The Hall–Kier alpha value is -1.43. The summed E-state index contributed by atoms with van der Waals surface area (Å²) in [5, 5.41) is 17.7. The SMILES string of the molecule is O=C(O)C(=O)c1csc(O)n1. The average Bonchev–Trinajstić information content (AvgIpc) is 2.34. The summed E-state index contributed by atoms with van der Waals surface area (Å²) in [6.45, 7) is 0. The van der Waals surface area contributed by atoms with Crippen LogP contribution in [0.25, 0.3) is 0 Å². The van der Waals surface area contributed by atoms with Crippen LogP contribution in [0.4, 0.5) is 0 Å². The van der Waals surface area contributed by atoms with Crippen molar-refractivity contribution in [3.8, 4) is 5.19 Å². The molecule has 0 bridgehead atoms. The molecule has 1 rings (SSSR count). The van der Waals surface area contributed by atoms with Gasteiger partial charge in [0.1, 0.15) is 5.69 Å². The van der Waals surface area contributed by atoms with Crippen LogP contribution in [0, 0.1) is 0 Å². The molecule has 0 fully saturated rings. The van der Waals surface area contributed by atoms with Gasteiger partial charge in [-0.2, -0.15) is 4.98 Å². The molecular weight excluding hydrogens is 170 g/mol. The van der Waals surface area contributed by atoms with Gasteiger partial charge >= 0.3 is 5.97 Å². The number of carboxylic acids is 1. The second-order valence-corrected chi connectivity index (χ2v) is 2.49. The van der Waals surface area contributed by atoms with E-state index in [9.17, 15) is 9.59 Å². The minimum absolute atomic E-state index is 0.236. The fourth-order valence-corrected chi connectivity index (χ4v) is 1.01. The molecule has 0 aliphatic carbocycles. The summed E-state index contributed by atoms with van der Waals surface area (Å²) in [6, 6.07) is 0. The standard InChI is InChI=1S/C5H3NO4S/c7-3(4(8)9)2-1-11-5(10)6-2/h1H,(H,6,10)(H,8,9). The summed E-state index contributed by atoms with van der Waals surface area (Å²) >= 11 is 0.810. The normalized spacial score (nSPS) is 9.45. The highest BCUT2D eigenvalue weighted by Crippen LogP contribution is 2.15. The maximum atomic E-state index is 10.6. The van der Waals surface area contributed by atoms with Crippen molar-refractivity contribution < 1.29 is 19.8 Å². The van der Waals surface area contributed by atoms with Gasteiger partial charge in [-0.3, -0.25) is 4.79 Å². The molecule has 6 heteroatoms. The van der Waals surface area contributed by atoms with E-state index in [4.69, 9.17) is 10.2 Å². The molecule has 0 amide bonds. The predicted molar refractivity (Wildman–Crippen MR) is 35.7 cm³/mol. The number of aromatic nitrogens is 1. The van der Waals surface area contributed by atoms with Crippen LogP contribution in [0.15, 0.2) is 5.38 Å². The Balaban J connectivity index is 2.94. The monoisotopic (exact) mass is 173 g/mol. The third-order valence-electron chi connectivity index (χ3n) is 0.919. The number of aromatic hydroxyl groups is 1. The number of hydrogen-bond acceptors (Lipinski definition) is 5. The largest absolute Gasteiger partial charge is 0.486 e. The summed E-state index contributed by atoms with van der Waals surface area (Å²) < 4.78 is 0. The zero-order valence-corrected chi connectivity index (χ0v) is 5.96. The van der Waals surface area contributed by atoms with Gasteiger partial charge < -0.3 is 10.2 Å². The minimum atomic E-state index is -1.57. The number of carbonyl (C=O) groups is 2. The van der Waals surface area contributed by atoms with Gasteiger partial charge in [-0.15, -0.1) is 0 Å². The third kappa shape index (κ3) is 1.53. The van der Waals surface area contributed by atoms with Gasteiger partial charge in [0.15, 0.2) is 0 Å². The number of carbonyl (C=O) groups excluding carboxylic acids is 1. The number of nitrogens with zero attached hydrogens (tertiary/aromatic N) is 1. The number of hydrogen-bond donors (Lipinski definition) is 2. The molecule has 0 saturated heterocycles. The van der Waals surface area contributed by atoms with Crippen LogP contribution in [0.3, 0.4) is 0 Å². The van der Waals surface area contributed by atoms with Crippen molar-refractivity contribution in [3.63, 3.8) is 0 Å². The first-order valence-corrected chi connectivity index (χ1v) is 3.41. The summed E-state index contributed by atoms with van der Waals surface area (Å²) in [5.74, 6) is -2.68. The molecular formula is C5H3NO4S. The van der Waals surface area contributed by atoms with Gasteiger partial charge in [-0.1, -0.05) is 11.3 Å². The lowest BCUT2D eigenvalue weighted by atomic mass is 10.3. The van der Waals surface area contributed by atoms with E-state index in [2.05, 4.69) is 4.98 Å². The molecule has 0 aliphatic rings. The van der Waals surface area contributed by atoms with Crippen LogP contribution < -0.4 is 0 Å². The molecule has 2 N–H and O–H groups in total. The average molecular weight is 173 g/mol. The van der Waals surface area contributed by atoms with Crippen molar-refractivity contribution in [2.75, 3.05) is 0 Å². The van der Waals surface area contributed by atoms with E-state index in [-0.39, 0.29) is 10.9 Å². The number of carboxylic acid groups (broad SMARTS) is 1. The highest BCUT2D eigenvalue weighted by Gasteiger charge is 2.17. The fraction of sp³-hybridized carbons (Fsp3) is 0. The molecule has 0 spiro atoms. The van der Waals surface area contributed by atoms with E-state index >= 15 is 0 Å². The topological polar surface area (TPSA) is 87.5 Å². The molecule has 0 saturated carbocycles. The van der Waals surface area contributed by atoms with E-state index in [1.54, 1.807) is 0 Å². The quantitative estimate of drug-likeness (QED) is 0.489. The Bertz CT molecular complexity index is 305. The molecule has 1 aromatic rings. The molecule has 5 nitrogen and oxygen atoms in total. The molecule has 1 heterocycles. The van der Waals surface area contributed by atoms with Crippen molar-refractivity contribution in [3.05, 3.63) is 11.1 Å². The summed E-state index contributed by atoms with van der Waals surface area (Å²) in [4.78, 5) is 23.9. The Morgan fingerprint density at radius 3 is 2.55 bits per heavy atom. The molecule has 1 aromatic heterocycles. The van der Waals surface area contributed by atoms with Crippen LogP contribution in [0.2, 0.25) is 0 Å². The lowest BCUT2D eigenvalue weighted by molar-refractivity contribution is -0.131. The first-order chi connectivity index (χ1) is 5.11. The highest BCUT2D eigenvalue weighted by molar-refractivity contribution is 7.11. The first-order valence-electron chi connectivity index (χ1n) is 2.53. The highest BCUT2D eigenvalue weighted by atomic mass is 32.1. The van der Waals surface area contributed by atoms with Crippen LogP contribution >= 0.6 is 11.3 Å². The Morgan fingerprint density at radius 1 is 1.55 bits per heavy atom. The van der Waals surface area contributed by atoms with E-state index in [1.807, 2.05) is 0 Å². The third-order valence-corrected chi connectivity index (χ3v) is 1.56. The molecule has 0 atom stereocenters. The van der Waals surface area contributed by atoms with Crippen molar-refractivity contribution in [1.82, 2.24) is 4.98 Å². The van der Waals surface area contributed by atoms with E-state index in [0.717, 1.165) is 11.3 Å². The smallest absolute Gasteiger partial charge is 0.378 e. The number of aliphatic carboxylic acids is 1. The van der Waals surface area contributed by atoms with Gasteiger partial charge in [0.25, 0.3) is 11.0 Å². The minimum Gasteiger partial charge on any atom is -0.486 e. The second kappa shape index (κ2) is 2.67. The van der Waals surface area contributed by atoms with Crippen LogP contribution in [-0.2, 0) is 4.79 Å². The molecule has 0 aliphatic heterocycles. The Morgan fingerprint density at radius 2 is 2.18 bits per heavy atom. The molecule has 11 heavy (non-hydrogen) atoms. The van der Waals surface area contributed by atoms with E-state index < -0.39 is 11.8 Å². The first kappa shape index (κ1) is 7.67. The lowest BCUT2D eigenvalue weighted by Crippen LogP contribution is -2.12. The molecule has 58 valence electrons. The molecule has 0 radical (unpaired) electrons. The zero-order valence-electron chi connectivity index (χ0n) is 5.14. The van der Waals surface area contributed by atoms with E-state index in [0.29, 0.717) is 0 Å². The fourth-order valence-electron chi connectivity index (χ4n) is 0.478. The zero-order chi connectivity index (χ0) is 8.43. The summed E-state index contributed by atoms with van der Waals surface area (Å²) in [6.07, 6.45) is 0. The van der Waals surface area contributed by atoms with Crippen molar-refractivity contribution in [1.29, 1.82) is 0 Å². The maximum Gasteiger partial charge on any atom is 0.378 e.